The van der Waals surface area contributed by atoms with Crippen molar-refractivity contribution in [2.45, 2.75) is 6.18 Å². The van der Waals surface area contributed by atoms with Crippen LogP contribution in [0, 0.1) is 5.82 Å². The summed E-state index contributed by atoms with van der Waals surface area (Å²) in [7, 11) is 0. The number of aromatic nitrogens is 4. The van der Waals surface area contributed by atoms with Gasteiger partial charge in [-0.25, -0.2) is 4.39 Å². The second-order valence-corrected chi connectivity index (χ2v) is 4.69. The Balaban J connectivity index is 2.23. The van der Waals surface area contributed by atoms with Gasteiger partial charge in [0.15, 0.2) is 0 Å². The Morgan fingerprint density at radius 3 is 2.50 bits per heavy atom. The minimum atomic E-state index is -4.74. The largest absolute Gasteiger partial charge is 0.452 e. The van der Waals surface area contributed by atoms with Crippen molar-refractivity contribution >= 4 is 17.2 Å². The number of benzene rings is 1. The van der Waals surface area contributed by atoms with Crippen LogP contribution in [-0.4, -0.2) is 19.2 Å². The van der Waals surface area contributed by atoms with Gasteiger partial charge in [0.2, 0.25) is 11.5 Å². The molecule has 0 aliphatic rings. The van der Waals surface area contributed by atoms with Gasteiger partial charge >= 0.3 is 11.7 Å². The van der Waals surface area contributed by atoms with Gasteiger partial charge in [-0.3, -0.25) is 13.8 Å². The first-order chi connectivity index (χ1) is 10.3. The normalized spacial score (nSPS) is 12.0. The van der Waals surface area contributed by atoms with E-state index in [9.17, 15) is 22.4 Å². The van der Waals surface area contributed by atoms with Gasteiger partial charge in [-0.15, -0.1) is 10.2 Å². The van der Waals surface area contributed by atoms with Gasteiger partial charge in [-0.2, -0.15) is 13.2 Å². The lowest BCUT2D eigenvalue weighted by molar-refractivity contribution is -0.145. The molecule has 0 fully saturated rings. The molecule has 0 aliphatic heterocycles. The molecule has 0 bridgehead atoms. The monoisotopic (exact) mass is 332 g/mol. The summed E-state index contributed by atoms with van der Waals surface area (Å²) in [6, 6.07) is 3.48. The maximum Gasteiger partial charge on any atom is 0.452 e. The highest BCUT2D eigenvalue weighted by atomic mass is 35.5. The molecule has 0 aliphatic carbocycles. The SMILES string of the molecule is O=c1c2nnc(C(F)(F)F)n2ccn1-c1ccc(F)c(Cl)c1. The molecule has 0 atom stereocenters. The fourth-order valence-corrected chi connectivity index (χ4v) is 2.09. The van der Waals surface area contributed by atoms with Gasteiger partial charge < -0.3 is 0 Å². The smallest absolute Gasteiger partial charge is 0.280 e. The third kappa shape index (κ3) is 2.23. The highest BCUT2D eigenvalue weighted by molar-refractivity contribution is 6.30. The third-order valence-corrected chi connectivity index (χ3v) is 3.20. The fraction of sp³-hybridized carbons (Fsp3) is 0.0833. The second-order valence-electron chi connectivity index (χ2n) is 4.29. The van der Waals surface area contributed by atoms with Gasteiger partial charge in [0, 0.05) is 12.4 Å². The topological polar surface area (TPSA) is 52.2 Å². The Morgan fingerprint density at radius 1 is 1.14 bits per heavy atom. The Labute approximate surface area is 124 Å². The van der Waals surface area contributed by atoms with E-state index >= 15 is 0 Å². The Morgan fingerprint density at radius 2 is 1.86 bits per heavy atom. The standard InChI is InChI=1S/C12H5ClF4N4O/c13-7-5-6(1-2-8(7)14)20-3-4-21-9(10(20)22)18-19-11(21)12(15,16)17/h1-5H. The minimum absolute atomic E-state index is 0.190. The Hall–Kier alpha value is -2.42. The summed E-state index contributed by atoms with van der Waals surface area (Å²) in [5.74, 6) is -1.98. The van der Waals surface area contributed by atoms with E-state index in [0.29, 0.717) is 4.40 Å². The Kier molecular flexibility index (Phi) is 3.17. The van der Waals surface area contributed by atoms with E-state index in [1.54, 1.807) is 0 Å². The van der Waals surface area contributed by atoms with Gasteiger partial charge in [-0.05, 0) is 18.2 Å². The summed E-state index contributed by atoms with van der Waals surface area (Å²) >= 11 is 5.63. The van der Waals surface area contributed by atoms with Crippen molar-refractivity contribution in [2.75, 3.05) is 0 Å². The van der Waals surface area contributed by atoms with Crippen LogP contribution in [-0.2, 0) is 6.18 Å². The number of hydrogen-bond acceptors (Lipinski definition) is 3. The van der Waals surface area contributed by atoms with E-state index in [0.717, 1.165) is 23.0 Å². The van der Waals surface area contributed by atoms with Crippen LogP contribution in [0.15, 0.2) is 35.4 Å². The first-order valence-corrected chi connectivity index (χ1v) is 6.16. The summed E-state index contributed by atoms with van der Waals surface area (Å²) in [5.41, 5.74) is -1.15. The number of nitrogens with zero attached hydrogens (tertiary/aromatic N) is 4. The highest BCUT2D eigenvalue weighted by Crippen LogP contribution is 2.27. The average Bonchev–Trinajstić information content (AvgIpc) is 2.87. The van der Waals surface area contributed by atoms with Gasteiger partial charge in [0.05, 0.1) is 10.7 Å². The first kappa shape index (κ1) is 14.5. The van der Waals surface area contributed by atoms with Crippen LogP contribution in [0.25, 0.3) is 11.3 Å². The molecule has 3 rings (SSSR count). The van der Waals surface area contributed by atoms with E-state index in [2.05, 4.69) is 10.2 Å². The minimum Gasteiger partial charge on any atom is -0.280 e. The van der Waals surface area contributed by atoms with Crippen LogP contribution >= 0.6 is 11.6 Å². The average molecular weight is 333 g/mol. The number of hydrogen-bond donors (Lipinski definition) is 0. The zero-order valence-electron chi connectivity index (χ0n) is 10.5. The molecular formula is C12H5ClF4N4O. The summed E-state index contributed by atoms with van der Waals surface area (Å²) < 4.78 is 52.8. The van der Waals surface area contributed by atoms with Crippen LogP contribution in [0.4, 0.5) is 17.6 Å². The summed E-state index contributed by atoms with van der Waals surface area (Å²) in [4.78, 5) is 12.2. The molecule has 22 heavy (non-hydrogen) atoms. The third-order valence-electron chi connectivity index (χ3n) is 2.91. The lowest BCUT2D eigenvalue weighted by atomic mass is 10.3. The second kappa shape index (κ2) is 4.80. The lowest BCUT2D eigenvalue weighted by Gasteiger charge is -2.08. The number of fused-ring (bicyclic) bond motifs is 1. The molecule has 0 amide bonds. The molecule has 2 heterocycles. The van der Waals surface area contributed by atoms with Crippen molar-refractivity contribution in [3.63, 3.8) is 0 Å². The number of halogens is 5. The molecule has 0 saturated heterocycles. The summed E-state index contributed by atoms with van der Waals surface area (Å²) in [5, 5.41) is 6.03. The van der Waals surface area contributed by atoms with Crippen molar-refractivity contribution in [1.29, 1.82) is 0 Å². The molecular weight excluding hydrogens is 328 g/mol. The highest BCUT2D eigenvalue weighted by Gasteiger charge is 2.37. The van der Waals surface area contributed by atoms with Crippen molar-refractivity contribution in [2.24, 2.45) is 0 Å². The van der Waals surface area contributed by atoms with E-state index in [1.807, 2.05) is 0 Å². The van der Waals surface area contributed by atoms with Crippen LogP contribution in [0.1, 0.15) is 5.82 Å². The molecule has 0 unspecified atom stereocenters. The van der Waals surface area contributed by atoms with Crippen LogP contribution < -0.4 is 5.56 Å². The summed E-state index contributed by atoms with van der Waals surface area (Å²) in [6.07, 6.45) is -2.65. The van der Waals surface area contributed by atoms with Gasteiger partial charge in [0.1, 0.15) is 5.82 Å². The van der Waals surface area contributed by atoms with Crippen LogP contribution in [0.2, 0.25) is 5.02 Å². The maximum atomic E-state index is 13.1. The number of alkyl halides is 3. The predicted molar refractivity (Wildman–Crippen MR) is 68.6 cm³/mol. The quantitative estimate of drug-likeness (QED) is 0.644. The van der Waals surface area contributed by atoms with Crippen LogP contribution in [0.3, 0.4) is 0 Å². The van der Waals surface area contributed by atoms with E-state index < -0.39 is 29.0 Å². The van der Waals surface area contributed by atoms with Crippen molar-refractivity contribution in [1.82, 2.24) is 19.2 Å². The van der Waals surface area contributed by atoms with E-state index in [1.165, 1.54) is 12.1 Å². The molecule has 3 aromatic rings. The van der Waals surface area contributed by atoms with Crippen molar-refractivity contribution < 1.29 is 17.6 Å². The molecule has 5 nitrogen and oxygen atoms in total. The molecule has 1 aromatic carbocycles. The molecule has 0 N–H and O–H groups in total. The van der Waals surface area contributed by atoms with Crippen molar-refractivity contribution in [3.05, 3.63) is 57.6 Å². The number of rotatable bonds is 1. The first-order valence-electron chi connectivity index (χ1n) is 5.78. The van der Waals surface area contributed by atoms with Crippen LogP contribution in [0.5, 0.6) is 0 Å². The lowest BCUT2D eigenvalue weighted by Crippen LogP contribution is -2.21. The fourth-order valence-electron chi connectivity index (χ4n) is 1.92. The molecule has 10 heteroatoms. The van der Waals surface area contributed by atoms with Crippen molar-refractivity contribution in [3.8, 4) is 5.69 Å². The van der Waals surface area contributed by atoms with Gasteiger partial charge in [-0.1, -0.05) is 11.6 Å². The predicted octanol–water partition coefficient (Wildman–Crippen LogP) is 2.69. The molecule has 114 valence electrons. The van der Waals surface area contributed by atoms with E-state index in [-0.39, 0.29) is 10.7 Å². The zero-order valence-corrected chi connectivity index (χ0v) is 11.2. The molecule has 0 saturated carbocycles. The van der Waals surface area contributed by atoms with E-state index in [4.69, 9.17) is 11.6 Å². The molecule has 0 radical (unpaired) electrons. The molecule has 2 aromatic heterocycles. The van der Waals surface area contributed by atoms with Gasteiger partial charge in [0.25, 0.3) is 0 Å². The summed E-state index contributed by atoms with van der Waals surface area (Å²) in [6.45, 7) is 0. The zero-order chi connectivity index (χ0) is 16.1. The molecule has 0 spiro atoms. The maximum absolute atomic E-state index is 13.1. The Bertz CT molecular complexity index is 931.